The molecule has 4 aliphatic carbocycles. The van der Waals surface area contributed by atoms with Crippen LogP contribution in [-0.2, 0) is 53.2 Å². The van der Waals surface area contributed by atoms with Crippen LogP contribution in [0.2, 0.25) is 0 Å². The summed E-state index contributed by atoms with van der Waals surface area (Å²) in [6, 6.07) is 23.8. The fourth-order valence-electron chi connectivity index (χ4n) is 14.9. The fourth-order valence-corrected chi connectivity index (χ4v) is 16.8. The van der Waals surface area contributed by atoms with Gasteiger partial charge < -0.3 is 131 Å². The summed E-state index contributed by atoms with van der Waals surface area (Å²) in [4.78, 5) is 27.8. The smallest absolute Gasteiger partial charge is 0.410 e. The molecule has 4 saturated carbocycles. The molecule has 0 aliphatic heterocycles. The molecule has 0 spiro atoms. The summed E-state index contributed by atoms with van der Waals surface area (Å²) in [6.45, 7) is 9.57. The van der Waals surface area contributed by atoms with Crippen molar-refractivity contribution < 1.29 is 130 Å². The van der Waals surface area contributed by atoms with Crippen molar-refractivity contribution in [2.45, 2.75) is 215 Å². The van der Waals surface area contributed by atoms with Crippen LogP contribution in [0, 0.1) is 53.3 Å². The highest BCUT2D eigenvalue weighted by molar-refractivity contribution is 8.09. The van der Waals surface area contributed by atoms with E-state index in [-0.39, 0.29) is 31.0 Å². The van der Waals surface area contributed by atoms with Crippen LogP contribution >= 0.6 is 6.64 Å². The SMILES string of the molecule is CC(COC(O)C1C(O)C(O)C(CO)C1OC(C)(C)C(O)C1C(O)C(O)C(CO)C1O)CC(=O)C(C)(C)NCCc1ccc(OP(=S)(Oc2ccc(CCNC(C)(C)C(=O)C(C)COC(O)C3(OC(C)(C)C(O)C4C(O)C(O)C(CO)C4O)CC(CO)C(O)C3O)cc2)N(C)N=Cc2ccccc2)cc1. The third kappa shape index (κ3) is 20.3. The lowest BCUT2D eigenvalue weighted by Crippen LogP contribution is -2.62. The molecule has 26 unspecified atom stereocenters. The number of carbonyl (C=O) groups is 2. The van der Waals surface area contributed by atoms with Gasteiger partial charge in [0.1, 0.15) is 23.2 Å². The van der Waals surface area contributed by atoms with E-state index in [4.69, 9.17) is 39.8 Å². The summed E-state index contributed by atoms with van der Waals surface area (Å²) in [5.41, 5.74) is -5.37. The highest BCUT2D eigenvalue weighted by Crippen LogP contribution is 2.53. The van der Waals surface area contributed by atoms with Gasteiger partial charge in [0.2, 0.25) is 0 Å². The van der Waals surface area contributed by atoms with Gasteiger partial charge in [0.15, 0.2) is 24.1 Å². The second-order valence-corrected chi connectivity index (χ2v) is 34.4. The maximum Gasteiger partial charge on any atom is 0.410 e. The lowest BCUT2D eigenvalue weighted by atomic mass is 9.83. The van der Waals surface area contributed by atoms with Crippen LogP contribution in [0.15, 0.2) is 84.0 Å². The summed E-state index contributed by atoms with van der Waals surface area (Å²) >= 11 is 6.19. The highest BCUT2D eigenvalue weighted by Gasteiger charge is 2.64. The van der Waals surface area contributed by atoms with E-state index in [1.54, 1.807) is 79.1 Å². The number of ether oxygens (including phenoxy) is 4. The zero-order chi connectivity index (χ0) is 78.2. The number of hydrazone groups is 1. The number of aliphatic hydroxyl groups excluding tert-OH is 18. The number of nitrogens with one attached hydrogen (secondary N) is 2. The Labute approximate surface area is 618 Å². The Balaban J connectivity index is 0.904. The van der Waals surface area contributed by atoms with E-state index in [0.717, 1.165) is 16.7 Å². The number of nitrogens with zero attached hydrogens (tertiary/aromatic N) is 2. The summed E-state index contributed by atoms with van der Waals surface area (Å²) in [5.74, 6) is -9.82. The normalized spacial score (nSPS) is 32.0. The first-order chi connectivity index (χ1) is 49.1. The van der Waals surface area contributed by atoms with Gasteiger partial charge >= 0.3 is 6.64 Å². The van der Waals surface area contributed by atoms with E-state index in [2.05, 4.69) is 15.7 Å². The zero-order valence-electron chi connectivity index (χ0n) is 61.5. The number of hydrogen-bond acceptors (Lipinski definition) is 30. The Morgan fingerprint density at radius 3 is 1.53 bits per heavy atom. The van der Waals surface area contributed by atoms with Crippen LogP contribution in [0.1, 0.15) is 98.8 Å². The number of ketones is 2. The third-order valence-corrected chi connectivity index (χ3v) is 24.5. The molecule has 20 N–H and O–H groups in total. The first-order valence-electron chi connectivity index (χ1n) is 35.7. The minimum absolute atomic E-state index is 0.00978. The summed E-state index contributed by atoms with van der Waals surface area (Å²) < 4.78 is 38.7. The Kier molecular flexibility index (Phi) is 30.8. The second kappa shape index (κ2) is 36.7. The van der Waals surface area contributed by atoms with Crippen LogP contribution < -0.4 is 19.7 Å². The van der Waals surface area contributed by atoms with Gasteiger partial charge in [-0.05, 0) is 122 Å². The van der Waals surface area contributed by atoms with Crippen molar-refractivity contribution >= 4 is 36.2 Å². The largest absolute Gasteiger partial charge is 0.420 e. The predicted molar refractivity (Wildman–Crippen MR) is 385 cm³/mol. The first-order valence-corrected chi connectivity index (χ1v) is 38.3. The Morgan fingerprint density at radius 1 is 0.600 bits per heavy atom. The van der Waals surface area contributed by atoms with Gasteiger partial charge in [0, 0.05) is 86.4 Å². The van der Waals surface area contributed by atoms with Gasteiger partial charge in [-0.25, -0.2) is 4.78 Å². The van der Waals surface area contributed by atoms with Crippen molar-refractivity contribution in [3.63, 3.8) is 0 Å². The van der Waals surface area contributed by atoms with Crippen molar-refractivity contribution in [1.82, 2.24) is 15.4 Å². The van der Waals surface area contributed by atoms with E-state index in [1.165, 1.54) is 32.5 Å². The average Bonchev–Trinajstić information content (AvgIpc) is 1.61. The molecule has 7 rings (SSSR count). The molecule has 26 atom stereocenters. The molecule has 105 heavy (non-hydrogen) atoms. The van der Waals surface area contributed by atoms with Crippen molar-refractivity contribution in [2.24, 2.45) is 58.4 Å². The van der Waals surface area contributed by atoms with E-state index in [1.807, 2.05) is 54.6 Å². The predicted octanol–water partition coefficient (Wildman–Crippen LogP) is -1.62. The molecule has 0 aromatic heterocycles. The highest BCUT2D eigenvalue weighted by atomic mass is 32.5. The molecule has 4 fully saturated rings. The van der Waals surface area contributed by atoms with Gasteiger partial charge in [-0.1, -0.05) is 68.4 Å². The molecular weight excluding hydrogens is 1410 g/mol. The van der Waals surface area contributed by atoms with E-state index in [9.17, 15) is 102 Å². The minimum Gasteiger partial charge on any atom is -0.420 e. The maximum atomic E-state index is 14.0. The van der Waals surface area contributed by atoms with E-state index < -0.39 is 213 Å². The number of aliphatic hydroxyl groups is 18. The molecule has 3 aromatic carbocycles. The second-order valence-electron chi connectivity index (χ2n) is 31.1. The van der Waals surface area contributed by atoms with Crippen molar-refractivity contribution in [3.05, 3.63) is 95.6 Å². The van der Waals surface area contributed by atoms with Crippen LogP contribution in [0.3, 0.4) is 0 Å². The Bertz CT molecular complexity index is 3310. The third-order valence-electron chi connectivity index (χ3n) is 21.7. The minimum atomic E-state index is -3.49. The number of carbonyl (C=O) groups excluding carboxylic acids is 2. The Hall–Kier alpha value is -4.24. The molecule has 3 aromatic rings. The number of Topliss-reactive ketones (excluding diaryl/α,β-unsaturated/α-hetero) is 2. The monoisotopic (exact) mass is 1530 g/mol. The van der Waals surface area contributed by atoms with Gasteiger partial charge in [-0.3, -0.25) is 9.59 Å². The lowest BCUT2D eigenvalue weighted by molar-refractivity contribution is -0.311. The summed E-state index contributed by atoms with van der Waals surface area (Å²) in [6.07, 6.45) is -22.9. The average molecular weight is 1530 g/mol. The molecular formula is C73H115N4O26PS. The number of benzene rings is 3. The molecule has 594 valence electrons. The molecule has 30 nitrogen and oxygen atoms in total. The van der Waals surface area contributed by atoms with Crippen LogP contribution in [0.25, 0.3) is 0 Å². The first kappa shape index (κ1) is 88.0. The van der Waals surface area contributed by atoms with Gasteiger partial charge in [0.05, 0.1) is 141 Å². The van der Waals surface area contributed by atoms with Gasteiger partial charge in [-0.2, -0.15) is 5.10 Å². The molecule has 0 bridgehead atoms. The summed E-state index contributed by atoms with van der Waals surface area (Å²) in [5, 5.41) is 206. The topological polar surface area (TPSA) is 493 Å². The number of rotatable bonds is 40. The zero-order valence-corrected chi connectivity index (χ0v) is 63.2. The van der Waals surface area contributed by atoms with E-state index in [0.29, 0.717) is 37.4 Å². The van der Waals surface area contributed by atoms with Gasteiger partial charge in [-0.15, -0.1) is 0 Å². The van der Waals surface area contributed by atoms with Crippen LogP contribution in [-0.4, -0.2) is 294 Å². The molecule has 0 amide bonds. The quantitative estimate of drug-likeness (QED) is 0.0132. The molecule has 0 radical (unpaired) electrons. The standard InChI is InChI=1S/C73H115N4O26PS/c1-38(36-98-67(96)52-61(91)58(88)48(35-81)62(52)100-71(7,8)64(93)50-54(84)46(33-79)56(86)59(50)89)29-49(82)69(3,4)74-27-25-40-17-21-44(22-18-40)101-104(105,77(11)76-31-42-15-13-12-14-16-42)102-45-23-19-41(20-24-45)26-28-75-70(5,6)63(92)39(2)37-99-68(97)73(30-43(32-78)53(83)66(73)95)103-72(9,10)65(94)51-55(85)47(34-80)57(87)60(51)90/h12-24,31,38-39,43,46-48,50-62,64-68,74-75,78-81,83-91,93-97H,25-30,32-37H2,1-11H3. The van der Waals surface area contributed by atoms with Crippen molar-refractivity contribution in [1.29, 1.82) is 0 Å². The molecule has 0 saturated heterocycles. The van der Waals surface area contributed by atoms with Gasteiger partial charge in [0.25, 0.3) is 0 Å². The van der Waals surface area contributed by atoms with E-state index >= 15 is 0 Å². The molecule has 4 aliphatic rings. The van der Waals surface area contributed by atoms with Crippen LogP contribution in [0.4, 0.5) is 0 Å². The molecule has 32 heteroatoms. The molecule has 0 heterocycles. The summed E-state index contributed by atoms with van der Waals surface area (Å²) in [7, 11) is 1.66. The van der Waals surface area contributed by atoms with Crippen LogP contribution in [0.5, 0.6) is 11.5 Å². The van der Waals surface area contributed by atoms with Crippen molar-refractivity contribution in [2.75, 3.05) is 59.8 Å². The maximum absolute atomic E-state index is 14.0. The number of hydrogen-bond donors (Lipinski definition) is 20. The van der Waals surface area contributed by atoms with Crippen molar-refractivity contribution in [3.8, 4) is 11.5 Å². The Morgan fingerprint density at radius 2 is 1.07 bits per heavy atom. The fraction of sp³-hybridized carbons (Fsp3) is 0.712. The lowest BCUT2D eigenvalue weighted by Gasteiger charge is -2.46.